The molecule has 0 fully saturated rings. The molecular formula is C13H18F3NO. The largest absolute Gasteiger partial charge is 0.484 e. The Morgan fingerprint density at radius 3 is 2.56 bits per heavy atom. The molecule has 0 amide bonds. The first-order chi connectivity index (χ1) is 8.33. The van der Waals surface area contributed by atoms with E-state index in [1.54, 1.807) is 12.1 Å². The number of alkyl halides is 3. The van der Waals surface area contributed by atoms with Gasteiger partial charge in [0, 0.05) is 11.6 Å². The van der Waals surface area contributed by atoms with Crippen molar-refractivity contribution in [3.05, 3.63) is 29.3 Å². The highest BCUT2D eigenvalue weighted by Gasteiger charge is 2.29. The zero-order valence-corrected chi connectivity index (χ0v) is 10.8. The van der Waals surface area contributed by atoms with Gasteiger partial charge in [0.05, 0.1) is 0 Å². The van der Waals surface area contributed by atoms with E-state index in [-0.39, 0.29) is 11.8 Å². The van der Waals surface area contributed by atoms with Gasteiger partial charge in [0.2, 0.25) is 0 Å². The van der Waals surface area contributed by atoms with Crippen molar-refractivity contribution in [3.8, 4) is 5.75 Å². The second-order valence-corrected chi connectivity index (χ2v) is 4.22. The van der Waals surface area contributed by atoms with Crippen LogP contribution in [0, 0.1) is 6.92 Å². The van der Waals surface area contributed by atoms with Crippen LogP contribution >= 0.6 is 0 Å². The summed E-state index contributed by atoms with van der Waals surface area (Å²) in [5.74, 6) is 0.284. The number of ether oxygens (including phenoxy) is 1. The van der Waals surface area contributed by atoms with Gasteiger partial charge in [-0.1, -0.05) is 24.6 Å². The molecule has 2 nitrogen and oxygen atoms in total. The number of hydrogen-bond donors (Lipinski definition) is 1. The lowest BCUT2D eigenvalue weighted by atomic mass is 10.0. The topological polar surface area (TPSA) is 21.3 Å². The minimum Gasteiger partial charge on any atom is -0.484 e. The molecule has 0 saturated heterocycles. The fraction of sp³-hybridized carbons (Fsp3) is 0.538. The lowest BCUT2D eigenvalue weighted by Crippen LogP contribution is -2.22. The Balaban J connectivity index is 2.89. The van der Waals surface area contributed by atoms with Crippen molar-refractivity contribution < 1.29 is 17.9 Å². The molecule has 0 bridgehead atoms. The Morgan fingerprint density at radius 2 is 2.00 bits per heavy atom. The number of hydrogen-bond acceptors (Lipinski definition) is 2. The van der Waals surface area contributed by atoms with E-state index in [9.17, 15) is 13.2 Å². The van der Waals surface area contributed by atoms with Crippen molar-refractivity contribution in [3.63, 3.8) is 0 Å². The van der Waals surface area contributed by atoms with Gasteiger partial charge in [0.15, 0.2) is 6.61 Å². The summed E-state index contributed by atoms with van der Waals surface area (Å²) in [5.41, 5.74) is 1.75. The highest BCUT2D eigenvalue weighted by Crippen LogP contribution is 2.28. The summed E-state index contributed by atoms with van der Waals surface area (Å²) >= 11 is 0. The molecule has 0 heterocycles. The summed E-state index contributed by atoms with van der Waals surface area (Å²) in [5, 5.41) is 3.17. The van der Waals surface area contributed by atoms with Gasteiger partial charge in [-0.05, 0) is 26.5 Å². The van der Waals surface area contributed by atoms with Crippen LogP contribution in [0.2, 0.25) is 0 Å². The minimum atomic E-state index is -4.32. The second kappa shape index (κ2) is 6.09. The molecule has 0 aliphatic heterocycles. The molecule has 0 aromatic heterocycles. The molecule has 5 heteroatoms. The predicted molar refractivity (Wildman–Crippen MR) is 64.8 cm³/mol. The van der Waals surface area contributed by atoms with Gasteiger partial charge in [-0.15, -0.1) is 0 Å². The number of aryl methyl sites for hydroxylation is 1. The maximum absolute atomic E-state index is 12.2. The Morgan fingerprint density at radius 1 is 1.33 bits per heavy atom. The molecule has 1 rings (SSSR count). The average Bonchev–Trinajstić information content (AvgIpc) is 2.26. The molecule has 18 heavy (non-hydrogen) atoms. The molecule has 0 aliphatic carbocycles. The van der Waals surface area contributed by atoms with Crippen LogP contribution in [0.5, 0.6) is 5.75 Å². The smallest absolute Gasteiger partial charge is 0.422 e. The van der Waals surface area contributed by atoms with E-state index in [0.29, 0.717) is 0 Å². The first-order valence-corrected chi connectivity index (χ1v) is 5.87. The Bertz CT molecular complexity index is 390. The van der Waals surface area contributed by atoms with Crippen LogP contribution in [-0.2, 0) is 0 Å². The first-order valence-electron chi connectivity index (χ1n) is 5.87. The summed E-state index contributed by atoms with van der Waals surface area (Å²) in [6.07, 6.45) is -4.32. The molecule has 0 saturated carbocycles. The molecule has 1 N–H and O–H groups in total. The molecule has 0 aliphatic rings. The third-order valence-electron chi connectivity index (χ3n) is 2.53. The fourth-order valence-electron chi connectivity index (χ4n) is 1.71. The normalized spacial score (nSPS) is 13.4. The van der Waals surface area contributed by atoms with Crippen molar-refractivity contribution in [2.24, 2.45) is 0 Å². The van der Waals surface area contributed by atoms with Crippen LogP contribution < -0.4 is 10.1 Å². The molecule has 0 radical (unpaired) electrons. The summed E-state index contributed by atoms with van der Waals surface area (Å²) in [4.78, 5) is 0. The van der Waals surface area contributed by atoms with Crippen molar-refractivity contribution in [2.45, 2.75) is 33.0 Å². The number of nitrogens with one attached hydrogen (secondary N) is 1. The maximum Gasteiger partial charge on any atom is 0.422 e. The lowest BCUT2D eigenvalue weighted by Gasteiger charge is -2.19. The number of halogens is 3. The number of benzene rings is 1. The van der Waals surface area contributed by atoms with Gasteiger partial charge in [-0.2, -0.15) is 13.2 Å². The Labute approximate surface area is 105 Å². The van der Waals surface area contributed by atoms with Crippen LogP contribution in [0.1, 0.15) is 31.0 Å². The van der Waals surface area contributed by atoms with Gasteiger partial charge in [0.25, 0.3) is 0 Å². The quantitative estimate of drug-likeness (QED) is 0.874. The highest BCUT2D eigenvalue weighted by atomic mass is 19.4. The third-order valence-corrected chi connectivity index (χ3v) is 2.53. The Hall–Kier alpha value is -1.23. The van der Waals surface area contributed by atoms with Crippen molar-refractivity contribution in [2.75, 3.05) is 13.2 Å². The summed E-state index contributed by atoms with van der Waals surface area (Å²) in [6.45, 7) is 5.23. The van der Waals surface area contributed by atoms with E-state index < -0.39 is 12.8 Å². The molecule has 0 spiro atoms. The SMILES string of the molecule is CCNC(C)c1cc(C)ccc1OCC(F)(F)F. The summed E-state index contributed by atoms with van der Waals surface area (Å²) in [7, 11) is 0. The fourth-order valence-corrected chi connectivity index (χ4v) is 1.71. The van der Waals surface area contributed by atoms with Gasteiger partial charge < -0.3 is 10.1 Å². The second-order valence-electron chi connectivity index (χ2n) is 4.22. The third kappa shape index (κ3) is 4.56. The van der Waals surface area contributed by atoms with Crippen LogP contribution in [0.3, 0.4) is 0 Å². The minimum absolute atomic E-state index is 0.0434. The van der Waals surface area contributed by atoms with Gasteiger partial charge in [-0.25, -0.2) is 0 Å². The van der Waals surface area contributed by atoms with Crippen LogP contribution in [-0.4, -0.2) is 19.3 Å². The van der Waals surface area contributed by atoms with Crippen molar-refractivity contribution in [1.29, 1.82) is 0 Å². The zero-order chi connectivity index (χ0) is 13.8. The number of rotatable bonds is 5. The summed E-state index contributed by atoms with van der Waals surface area (Å²) in [6, 6.07) is 5.13. The highest BCUT2D eigenvalue weighted by molar-refractivity contribution is 5.39. The van der Waals surface area contributed by atoms with Crippen LogP contribution in [0.25, 0.3) is 0 Å². The molecule has 1 aromatic carbocycles. The molecule has 1 atom stereocenters. The molecule has 1 aromatic rings. The van der Waals surface area contributed by atoms with Crippen molar-refractivity contribution in [1.82, 2.24) is 5.32 Å². The summed E-state index contributed by atoms with van der Waals surface area (Å²) < 4.78 is 41.3. The maximum atomic E-state index is 12.2. The van der Waals surface area contributed by atoms with Gasteiger partial charge >= 0.3 is 6.18 Å². The van der Waals surface area contributed by atoms with E-state index in [1.807, 2.05) is 26.8 Å². The lowest BCUT2D eigenvalue weighted by molar-refractivity contribution is -0.153. The van der Waals surface area contributed by atoms with Crippen LogP contribution in [0.4, 0.5) is 13.2 Å². The van der Waals surface area contributed by atoms with Gasteiger partial charge in [-0.3, -0.25) is 0 Å². The van der Waals surface area contributed by atoms with Crippen LogP contribution in [0.15, 0.2) is 18.2 Å². The molecular weight excluding hydrogens is 243 g/mol. The van der Waals surface area contributed by atoms with E-state index in [2.05, 4.69) is 5.32 Å². The average molecular weight is 261 g/mol. The standard InChI is InChI=1S/C13H18F3NO/c1-4-17-10(3)11-7-9(2)5-6-12(11)18-8-13(14,15)16/h5-7,10,17H,4,8H2,1-3H3. The van der Waals surface area contributed by atoms with E-state index in [4.69, 9.17) is 4.74 Å². The van der Waals surface area contributed by atoms with E-state index in [1.165, 1.54) is 0 Å². The monoisotopic (exact) mass is 261 g/mol. The van der Waals surface area contributed by atoms with Gasteiger partial charge in [0.1, 0.15) is 5.75 Å². The molecule has 1 unspecified atom stereocenters. The van der Waals surface area contributed by atoms with Crippen molar-refractivity contribution >= 4 is 0 Å². The van der Waals surface area contributed by atoms with E-state index >= 15 is 0 Å². The zero-order valence-electron chi connectivity index (χ0n) is 10.8. The Kier molecular flexibility index (Phi) is 5.02. The predicted octanol–water partition coefficient (Wildman–Crippen LogP) is 3.61. The van der Waals surface area contributed by atoms with E-state index in [0.717, 1.165) is 17.7 Å². The molecule has 102 valence electrons. The first kappa shape index (κ1) is 14.8.